The monoisotopic (exact) mass is 370 g/mol. The van der Waals surface area contributed by atoms with Gasteiger partial charge in [-0.05, 0) is 47.1 Å². The largest absolute Gasteiger partial charge is 0.324 e. The van der Waals surface area contributed by atoms with Crippen LogP contribution in [0.2, 0.25) is 0 Å². The maximum Gasteiger partial charge on any atom is 0.238 e. The van der Waals surface area contributed by atoms with Crippen LogP contribution in [0.1, 0.15) is 63.3 Å². The van der Waals surface area contributed by atoms with Crippen LogP contribution in [0.15, 0.2) is 42.5 Å². The fourth-order valence-corrected chi connectivity index (χ4v) is 3.30. The van der Waals surface area contributed by atoms with E-state index in [1.807, 2.05) is 19.1 Å². The van der Waals surface area contributed by atoms with Gasteiger partial charge in [0, 0.05) is 11.7 Å². The lowest BCUT2D eigenvalue weighted by Crippen LogP contribution is -2.37. The minimum absolute atomic E-state index is 0.0645. The van der Waals surface area contributed by atoms with E-state index in [0.29, 0.717) is 5.92 Å². The van der Waals surface area contributed by atoms with Crippen molar-refractivity contribution in [2.75, 3.05) is 11.9 Å². The Morgan fingerprint density at radius 2 is 1.70 bits per heavy atom. The Hall–Kier alpha value is -2.20. The summed E-state index contributed by atoms with van der Waals surface area (Å²) in [7, 11) is 0. The normalized spacial score (nSPS) is 12.9. The van der Waals surface area contributed by atoms with Crippen LogP contribution < -0.4 is 10.6 Å². The number of carbonyl (C=O) groups is 1. The highest BCUT2D eigenvalue weighted by molar-refractivity contribution is 5.94. The standard InChI is InChI=1S/C23H31FN2O/c1-15(2)19-9-7-8-16(3)21(19)26-20(27)14-25-22(23(4,5)6)17-10-12-18(24)13-11-17/h7-13,15,22,25H,14H2,1-6H3,(H,26,27). The van der Waals surface area contributed by atoms with E-state index in [1.54, 1.807) is 12.1 Å². The van der Waals surface area contributed by atoms with Crippen LogP contribution in [0.3, 0.4) is 0 Å². The van der Waals surface area contributed by atoms with Crippen LogP contribution in [0.5, 0.6) is 0 Å². The highest BCUT2D eigenvalue weighted by Crippen LogP contribution is 2.33. The average molecular weight is 371 g/mol. The lowest BCUT2D eigenvalue weighted by atomic mass is 9.82. The van der Waals surface area contributed by atoms with Gasteiger partial charge in [-0.1, -0.05) is 65.0 Å². The molecule has 0 aliphatic rings. The summed E-state index contributed by atoms with van der Waals surface area (Å²) >= 11 is 0. The molecule has 2 aromatic rings. The zero-order valence-electron chi connectivity index (χ0n) is 17.2. The van der Waals surface area contributed by atoms with Crippen LogP contribution in [0.25, 0.3) is 0 Å². The van der Waals surface area contributed by atoms with Crippen molar-refractivity contribution in [1.29, 1.82) is 0 Å². The van der Waals surface area contributed by atoms with Gasteiger partial charge in [0.25, 0.3) is 0 Å². The Bertz CT molecular complexity index is 776. The summed E-state index contributed by atoms with van der Waals surface area (Å²) in [6, 6.07) is 12.5. The van der Waals surface area contributed by atoms with Crippen molar-refractivity contribution in [1.82, 2.24) is 5.32 Å². The molecule has 0 saturated heterocycles. The Morgan fingerprint density at radius 1 is 1.07 bits per heavy atom. The van der Waals surface area contributed by atoms with E-state index < -0.39 is 0 Å². The molecule has 1 amide bonds. The third kappa shape index (κ3) is 5.64. The van der Waals surface area contributed by atoms with Gasteiger partial charge in [-0.3, -0.25) is 4.79 Å². The summed E-state index contributed by atoms with van der Waals surface area (Å²) in [6.45, 7) is 12.7. The molecule has 1 unspecified atom stereocenters. The molecule has 0 aliphatic heterocycles. The minimum Gasteiger partial charge on any atom is -0.324 e. The summed E-state index contributed by atoms with van der Waals surface area (Å²) in [4.78, 5) is 12.6. The third-order valence-electron chi connectivity index (χ3n) is 4.73. The number of halogens is 1. The number of anilines is 1. The molecule has 3 nitrogen and oxygen atoms in total. The first-order chi connectivity index (χ1) is 12.6. The second-order valence-electron chi connectivity index (χ2n) is 8.47. The zero-order chi connectivity index (χ0) is 20.2. The van der Waals surface area contributed by atoms with Gasteiger partial charge in [0.05, 0.1) is 6.54 Å². The summed E-state index contributed by atoms with van der Waals surface area (Å²) in [5, 5.41) is 6.42. The van der Waals surface area contributed by atoms with E-state index in [4.69, 9.17) is 0 Å². The SMILES string of the molecule is Cc1cccc(C(C)C)c1NC(=O)CNC(c1ccc(F)cc1)C(C)(C)C. The number of carbonyl (C=O) groups excluding carboxylic acids is 1. The molecule has 0 bridgehead atoms. The van der Waals surface area contributed by atoms with E-state index in [1.165, 1.54) is 12.1 Å². The molecule has 2 rings (SSSR count). The number of aryl methyl sites for hydroxylation is 1. The molecule has 146 valence electrons. The average Bonchev–Trinajstić information content (AvgIpc) is 2.57. The Balaban J connectivity index is 2.12. The van der Waals surface area contributed by atoms with Gasteiger partial charge in [-0.15, -0.1) is 0 Å². The number of rotatable bonds is 6. The van der Waals surface area contributed by atoms with Gasteiger partial charge < -0.3 is 10.6 Å². The molecule has 0 saturated carbocycles. The molecule has 0 fully saturated rings. The second kappa shape index (κ2) is 8.66. The van der Waals surface area contributed by atoms with E-state index >= 15 is 0 Å². The maximum absolute atomic E-state index is 13.3. The van der Waals surface area contributed by atoms with Crippen molar-refractivity contribution in [3.8, 4) is 0 Å². The van der Waals surface area contributed by atoms with Crippen LogP contribution >= 0.6 is 0 Å². The Kier molecular flexibility index (Phi) is 6.77. The Morgan fingerprint density at radius 3 is 2.26 bits per heavy atom. The molecule has 4 heteroatoms. The molecular weight excluding hydrogens is 339 g/mol. The predicted octanol–water partition coefficient (Wildman–Crippen LogP) is 5.57. The van der Waals surface area contributed by atoms with Crippen molar-refractivity contribution in [2.45, 2.75) is 53.5 Å². The molecule has 0 aromatic heterocycles. The first-order valence-electron chi connectivity index (χ1n) is 9.47. The van der Waals surface area contributed by atoms with Crippen LogP contribution in [-0.4, -0.2) is 12.5 Å². The number of amides is 1. The van der Waals surface area contributed by atoms with Gasteiger partial charge in [0.2, 0.25) is 5.91 Å². The number of hydrogen-bond donors (Lipinski definition) is 2. The first-order valence-corrected chi connectivity index (χ1v) is 9.47. The topological polar surface area (TPSA) is 41.1 Å². The third-order valence-corrected chi connectivity index (χ3v) is 4.73. The molecule has 27 heavy (non-hydrogen) atoms. The van der Waals surface area contributed by atoms with Gasteiger partial charge in [0.1, 0.15) is 5.82 Å². The first kappa shape index (κ1) is 21.1. The van der Waals surface area contributed by atoms with Crippen molar-refractivity contribution in [3.05, 3.63) is 65.0 Å². The van der Waals surface area contributed by atoms with E-state index in [-0.39, 0.29) is 29.7 Å². The molecule has 0 heterocycles. The minimum atomic E-state index is -0.259. The lowest BCUT2D eigenvalue weighted by molar-refractivity contribution is -0.115. The number of benzene rings is 2. The highest BCUT2D eigenvalue weighted by atomic mass is 19.1. The van der Waals surface area contributed by atoms with Gasteiger partial charge in [0.15, 0.2) is 0 Å². The second-order valence-corrected chi connectivity index (χ2v) is 8.47. The van der Waals surface area contributed by atoms with E-state index in [2.05, 4.69) is 51.3 Å². The Labute approximate surface area is 162 Å². The lowest BCUT2D eigenvalue weighted by Gasteiger charge is -2.32. The number of nitrogens with one attached hydrogen (secondary N) is 2. The summed E-state index contributed by atoms with van der Waals surface area (Å²) < 4.78 is 13.3. The van der Waals surface area contributed by atoms with Crippen LogP contribution in [-0.2, 0) is 4.79 Å². The predicted molar refractivity (Wildman–Crippen MR) is 110 cm³/mol. The molecule has 0 aliphatic carbocycles. The number of para-hydroxylation sites is 1. The summed E-state index contributed by atoms with van der Waals surface area (Å²) in [5.74, 6) is -0.0119. The quantitative estimate of drug-likeness (QED) is 0.697. The molecule has 0 radical (unpaired) electrons. The fraction of sp³-hybridized carbons (Fsp3) is 0.435. The highest BCUT2D eigenvalue weighted by Gasteiger charge is 2.26. The fourth-order valence-electron chi connectivity index (χ4n) is 3.30. The maximum atomic E-state index is 13.3. The molecule has 2 aromatic carbocycles. The van der Waals surface area contributed by atoms with E-state index in [0.717, 1.165) is 22.4 Å². The van der Waals surface area contributed by atoms with Crippen molar-refractivity contribution >= 4 is 11.6 Å². The molecule has 2 N–H and O–H groups in total. The van der Waals surface area contributed by atoms with Crippen molar-refractivity contribution in [3.63, 3.8) is 0 Å². The van der Waals surface area contributed by atoms with Crippen LogP contribution in [0.4, 0.5) is 10.1 Å². The van der Waals surface area contributed by atoms with Crippen LogP contribution in [0, 0.1) is 18.2 Å². The van der Waals surface area contributed by atoms with Crippen molar-refractivity contribution < 1.29 is 9.18 Å². The van der Waals surface area contributed by atoms with Crippen molar-refractivity contribution in [2.24, 2.45) is 5.41 Å². The molecule has 0 spiro atoms. The van der Waals surface area contributed by atoms with E-state index in [9.17, 15) is 9.18 Å². The summed E-state index contributed by atoms with van der Waals surface area (Å²) in [5.41, 5.74) is 3.93. The number of hydrogen-bond acceptors (Lipinski definition) is 2. The zero-order valence-corrected chi connectivity index (χ0v) is 17.2. The molecular formula is C23H31FN2O. The van der Waals surface area contributed by atoms with Gasteiger partial charge in [-0.2, -0.15) is 0 Å². The smallest absolute Gasteiger partial charge is 0.238 e. The van der Waals surface area contributed by atoms with Gasteiger partial charge in [-0.25, -0.2) is 4.39 Å². The summed E-state index contributed by atoms with van der Waals surface area (Å²) in [6.07, 6.45) is 0. The molecule has 1 atom stereocenters. The van der Waals surface area contributed by atoms with Gasteiger partial charge >= 0.3 is 0 Å².